The maximum absolute atomic E-state index is 13.2. The Balaban J connectivity index is 2.51. The Kier molecular flexibility index (Phi) is 4.26. The Morgan fingerprint density at radius 2 is 2.14 bits per heavy atom. The largest absolute Gasteiger partial charge is 0.491 e. The lowest BCUT2D eigenvalue weighted by Crippen LogP contribution is -2.02. The lowest BCUT2D eigenvalue weighted by molar-refractivity contribution is 0.276. The topological polar surface area (TPSA) is 9.23 Å². The molecule has 0 amide bonds. The Bertz CT molecular complexity index is 299. The van der Waals surface area contributed by atoms with Gasteiger partial charge in [-0.25, -0.2) is 4.39 Å². The van der Waals surface area contributed by atoms with Crippen LogP contribution in [0.4, 0.5) is 4.39 Å². The van der Waals surface area contributed by atoms with Gasteiger partial charge in [-0.1, -0.05) is 13.8 Å². The van der Waals surface area contributed by atoms with Gasteiger partial charge >= 0.3 is 0 Å². The average Bonchev–Trinajstić information content (AvgIpc) is 2.08. The number of ether oxygens (including phenoxy) is 1. The van der Waals surface area contributed by atoms with Crippen LogP contribution in [-0.4, -0.2) is 6.61 Å². The summed E-state index contributed by atoms with van der Waals surface area (Å²) in [6, 6.07) is 4.68. The zero-order valence-electron chi connectivity index (χ0n) is 8.46. The van der Waals surface area contributed by atoms with Crippen molar-refractivity contribution >= 4 is 12.6 Å². The third-order valence-corrected chi connectivity index (χ3v) is 2.15. The van der Waals surface area contributed by atoms with Gasteiger partial charge in [-0.2, -0.15) is 0 Å². The quantitative estimate of drug-likeness (QED) is 0.754. The van der Waals surface area contributed by atoms with Crippen molar-refractivity contribution in [2.45, 2.75) is 25.2 Å². The predicted molar refractivity (Wildman–Crippen MR) is 58.6 cm³/mol. The molecule has 0 saturated carbocycles. The van der Waals surface area contributed by atoms with Crippen LogP contribution in [0.1, 0.15) is 20.3 Å². The molecule has 14 heavy (non-hydrogen) atoms. The molecule has 0 aliphatic rings. The highest BCUT2D eigenvalue weighted by Gasteiger charge is 2.03. The van der Waals surface area contributed by atoms with Gasteiger partial charge in [-0.05, 0) is 30.5 Å². The molecule has 0 N–H and O–H groups in total. The van der Waals surface area contributed by atoms with Crippen molar-refractivity contribution in [3.8, 4) is 5.75 Å². The molecule has 0 aromatic heterocycles. The van der Waals surface area contributed by atoms with E-state index in [0.29, 0.717) is 23.2 Å². The van der Waals surface area contributed by atoms with Crippen LogP contribution >= 0.6 is 12.6 Å². The molecule has 0 bridgehead atoms. The average molecular weight is 214 g/mol. The SMILES string of the molecule is CC(C)CCOc1ccc(S)cc1F. The van der Waals surface area contributed by atoms with Crippen molar-refractivity contribution in [3.63, 3.8) is 0 Å². The third-order valence-electron chi connectivity index (χ3n) is 1.87. The summed E-state index contributed by atoms with van der Waals surface area (Å²) < 4.78 is 18.5. The number of thiol groups is 1. The van der Waals surface area contributed by atoms with Crippen molar-refractivity contribution in [1.29, 1.82) is 0 Å². The molecule has 0 unspecified atom stereocenters. The minimum absolute atomic E-state index is 0.309. The third kappa shape index (κ3) is 3.58. The molecule has 1 nitrogen and oxygen atoms in total. The molecule has 0 saturated heterocycles. The van der Waals surface area contributed by atoms with Crippen molar-refractivity contribution in [2.75, 3.05) is 6.61 Å². The maximum atomic E-state index is 13.2. The second-order valence-electron chi connectivity index (χ2n) is 3.65. The standard InChI is InChI=1S/C11H15FOS/c1-8(2)5-6-13-11-4-3-9(14)7-10(11)12/h3-4,7-8,14H,5-6H2,1-2H3. The number of benzene rings is 1. The lowest BCUT2D eigenvalue weighted by atomic mass is 10.1. The van der Waals surface area contributed by atoms with Crippen LogP contribution in [0.25, 0.3) is 0 Å². The summed E-state index contributed by atoms with van der Waals surface area (Å²) in [7, 11) is 0. The first-order chi connectivity index (χ1) is 6.59. The Morgan fingerprint density at radius 3 is 2.71 bits per heavy atom. The molecule has 3 heteroatoms. The first-order valence-electron chi connectivity index (χ1n) is 4.71. The summed E-state index contributed by atoms with van der Waals surface area (Å²) in [5, 5.41) is 0. The zero-order valence-corrected chi connectivity index (χ0v) is 9.35. The predicted octanol–water partition coefficient (Wildman–Crippen LogP) is 3.54. The van der Waals surface area contributed by atoms with E-state index in [2.05, 4.69) is 26.5 Å². The molecule has 0 aliphatic heterocycles. The van der Waals surface area contributed by atoms with E-state index < -0.39 is 0 Å². The van der Waals surface area contributed by atoms with Crippen molar-refractivity contribution in [1.82, 2.24) is 0 Å². The Morgan fingerprint density at radius 1 is 1.43 bits per heavy atom. The number of hydrogen-bond acceptors (Lipinski definition) is 2. The molecule has 1 rings (SSSR count). The molecular weight excluding hydrogens is 199 g/mol. The van der Waals surface area contributed by atoms with Crippen LogP contribution in [-0.2, 0) is 0 Å². The van der Waals surface area contributed by atoms with Gasteiger partial charge in [0, 0.05) is 4.90 Å². The summed E-state index contributed by atoms with van der Waals surface area (Å²) >= 11 is 4.03. The fourth-order valence-electron chi connectivity index (χ4n) is 1.01. The molecule has 1 aromatic rings. The molecular formula is C11H15FOS. The van der Waals surface area contributed by atoms with E-state index in [1.807, 2.05) is 0 Å². The second-order valence-corrected chi connectivity index (χ2v) is 4.16. The van der Waals surface area contributed by atoms with Gasteiger partial charge in [-0.15, -0.1) is 12.6 Å². The molecule has 0 fully saturated rings. The number of rotatable bonds is 4. The minimum Gasteiger partial charge on any atom is -0.491 e. The molecule has 0 heterocycles. The Hall–Kier alpha value is -0.700. The minimum atomic E-state index is -0.346. The van der Waals surface area contributed by atoms with Gasteiger partial charge in [0.25, 0.3) is 0 Å². The van der Waals surface area contributed by atoms with Crippen molar-refractivity contribution in [3.05, 3.63) is 24.0 Å². The molecule has 0 atom stereocenters. The second kappa shape index (κ2) is 5.25. The van der Waals surface area contributed by atoms with Crippen LogP contribution in [0.15, 0.2) is 23.1 Å². The molecule has 0 radical (unpaired) electrons. The monoisotopic (exact) mass is 214 g/mol. The zero-order chi connectivity index (χ0) is 10.6. The first-order valence-corrected chi connectivity index (χ1v) is 5.15. The van der Waals surface area contributed by atoms with Gasteiger partial charge in [0.2, 0.25) is 0 Å². The molecule has 1 aromatic carbocycles. The number of halogens is 1. The van der Waals surface area contributed by atoms with E-state index in [9.17, 15) is 4.39 Å². The van der Waals surface area contributed by atoms with E-state index >= 15 is 0 Å². The summed E-state index contributed by atoms with van der Waals surface area (Å²) in [5.41, 5.74) is 0. The van der Waals surface area contributed by atoms with Gasteiger partial charge in [0.1, 0.15) is 0 Å². The van der Waals surface area contributed by atoms with Crippen LogP contribution in [0.2, 0.25) is 0 Å². The normalized spacial score (nSPS) is 10.6. The highest BCUT2D eigenvalue weighted by molar-refractivity contribution is 7.80. The summed E-state index contributed by atoms with van der Waals surface area (Å²) in [4.78, 5) is 0.610. The Labute approximate surface area is 89.7 Å². The van der Waals surface area contributed by atoms with Crippen LogP contribution < -0.4 is 4.74 Å². The molecule has 0 aliphatic carbocycles. The molecule has 78 valence electrons. The van der Waals surface area contributed by atoms with Gasteiger partial charge < -0.3 is 4.74 Å². The van der Waals surface area contributed by atoms with E-state index in [0.717, 1.165) is 6.42 Å². The van der Waals surface area contributed by atoms with Gasteiger partial charge in [0.15, 0.2) is 11.6 Å². The summed E-state index contributed by atoms with van der Waals surface area (Å²) in [5.74, 6) is 0.534. The lowest BCUT2D eigenvalue weighted by Gasteiger charge is -2.08. The first kappa shape index (κ1) is 11.4. The molecule has 0 spiro atoms. The van der Waals surface area contributed by atoms with Crippen LogP contribution in [0.3, 0.4) is 0 Å². The van der Waals surface area contributed by atoms with Crippen molar-refractivity contribution < 1.29 is 9.13 Å². The fourth-order valence-corrected chi connectivity index (χ4v) is 1.20. The maximum Gasteiger partial charge on any atom is 0.166 e. The van der Waals surface area contributed by atoms with Crippen LogP contribution in [0, 0.1) is 11.7 Å². The van der Waals surface area contributed by atoms with E-state index in [1.165, 1.54) is 6.07 Å². The van der Waals surface area contributed by atoms with Gasteiger partial charge in [-0.3, -0.25) is 0 Å². The highest BCUT2D eigenvalue weighted by atomic mass is 32.1. The summed E-state index contributed by atoms with van der Waals surface area (Å²) in [6.45, 7) is 4.77. The van der Waals surface area contributed by atoms with Crippen molar-refractivity contribution in [2.24, 2.45) is 5.92 Å². The summed E-state index contributed by atoms with van der Waals surface area (Å²) in [6.07, 6.45) is 0.933. The fraction of sp³-hybridized carbons (Fsp3) is 0.455. The highest BCUT2D eigenvalue weighted by Crippen LogP contribution is 2.20. The number of hydrogen-bond donors (Lipinski definition) is 1. The van der Waals surface area contributed by atoms with E-state index in [4.69, 9.17) is 4.74 Å². The van der Waals surface area contributed by atoms with E-state index in [1.54, 1.807) is 12.1 Å². The van der Waals surface area contributed by atoms with E-state index in [-0.39, 0.29) is 5.82 Å². The van der Waals surface area contributed by atoms with Crippen LogP contribution in [0.5, 0.6) is 5.75 Å². The smallest absolute Gasteiger partial charge is 0.166 e. The van der Waals surface area contributed by atoms with Gasteiger partial charge in [0.05, 0.1) is 6.61 Å².